The molecule has 0 heterocycles. The average molecular weight is 263 g/mol. The summed E-state index contributed by atoms with van der Waals surface area (Å²) in [5.74, 6) is -0.426. The zero-order valence-electron chi connectivity index (χ0n) is 10.8. The number of nitrogens with one attached hydrogen (secondary N) is 1. The standard InChI is InChI=1S/C15H15F2NO/c1-10-7-11(3-5-13(10)16)9-18-12-4-6-15(19-2)14(17)8-12/h3-8,18H,9H2,1-2H3. The highest BCUT2D eigenvalue weighted by Crippen LogP contribution is 2.21. The summed E-state index contributed by atoms with van der Waals surface area (Å²) in [7, 11) is 1.42. The second kappa shape index (κ2) is 5.69. The van der Waals surface area contributed by atoms with Crippen LogP contribution in [0.3, 0.4) is 0 Å². The SMILES string of the molecule is COc1ccc(NCc2ccc(F)c(C)c2)cc1F. The molecule has 0 spiro atoms. The predicted molar refractivity (Wildman–Crippen MR) is 71.4 cm³/mol. The van der Waals surface area contributed by atoms with Gasteiger partial charge in [-0.05, 0) is 36.2 Å². The lowest BCUT2D eigenvalue weighted by Crippen LogP contribution is -2.01. The molecule has 0 bridgehead atoms. The van der Waals surface area contributed by atoms with Crippen molar-refractivity contribution in [2.24, 2.45) is 0 Å². The van der Waals surface area contributed by atoms with Gasteiger partial charge in [-0.2, -0.15) is 0 Å². The third kappa shape index (κ3) is 3.22. The van der Waals surface area contributed by atoms with Crippen LogP contribution in [0, 0.1) is 18.6 Å². The molecule has 0 unspecified atom stereocenters. The maximum Gasteiger partial charge on any atom is 0.167 e. The summed E-state index contributed by atoms with van der Waals surface area (Å²) in [5.41, 5.74) is 2.19. The lowest BCUT2D eigenvalue weighted by Gasteiger charge is -2.09. The predicted octanol–water partition coefficient (Wildman–Crippen LogP) is 3.89. The molecule has 19 heavy (non-hydrogen) atoms. The zero-order chi connectivity index (χ0) is 13.8. The van der Waals surface area contributed by atoms with Crippen molar-refractivity contribution in [1.82, 2.24) is 0 Å². The van der Waals surface area contributed by atoms with Crippen LogP contribution in [0.2, 0.25) is 0 Å². The molecular weight excluding hydrogens is 248 g/mol. The summed E-state index contributed by atoms with van der Waals surface area (Å²) in [5, 5.41) is 3.08. The van der Waals surface area contributed by atoms with Gasteiger partial charge in [0.05, 0.1) is 7.11 Å². The van der Waals surface area contributed by atoms with Crippen molar-refractivity contribution in [1.29, 1.82) is 0 Å². The van der Waals surface area contributed by atoms with E-state index in [9.17, 15) is 8.78 Å². The molecule has 0 saturated heterocycles. The number of hydrogen-bond donors (Lipinski definition) is 1. The first-order valence-electron chi connectivity index (χ1n) is 5.92. The van der Waals surface area contributed by atoms with Crippen molar-refractivity contribution in [2.75, 3.05) is 12.4 Å². The highest BCUT2D eigenvalue weighted by atomic mass is 19.1. The Balaban J connectivity index is 2.05. The Morgan fingerprint density at radius 1 is 1.05 bits per heavy atom. The number of halogens is 2. The maximum absolute atomic E-state index is 13.5. The van der Waals surface area contributed by atoms with E-state index < -0.39 is 5.82 Å². The number of methoxy groups -OCH3 is 1. The van der Waals surface area contributed by atoms with Gasteiger partial charge in [-0.3, -0.25) is 0 Å². The largest absolute Gasteiger partial charge is 0.494 e. The Morgan fingerprint density at radius 2 is 1.84 bits per heavy atom. The summed E-state index contributed by atoms with van der Waals surface area (Å²) >= 11 is 0. The van der Waals surface area contributed by atoms with Gasteiger partial charge < -0.3 is 10.1 Å². The monoisotopic (exact) mass is 263 g/mol. The zero-order valence-corrected chi connectivity index (χ0v) is 10.8. The molecule has 0 aromatic heterocycles. The van der Waals surface area contributed by atoms with E-state index >= 15 is 0 Å². The molecule has 0 aliphatic heterocycles. The smallest absolute Gasteiger partial charge is 0.167 e. The minimum atomic E-state index is -0.414. The normalized spacial score (nSPS) is 10.3. The first-order chi connectivity index (χ1) is 9.10. The molecule has 100 valence electrons. The van der Waals surface area contributed by atoms with Crippen molar-refractivity contribution in [3.63, 3.8) is 0 Å². The third-order valence-electron chi connectivity index (χ3n) is 2.87. The highest BCUT2D eigenvalue weighted by Gasteiger charge is 2.04. The molecule has 1 N–H and O–H groups in total. The molecule has 0 radical (unpaired) electrons. The minimum Gasteiger partial charge on any atom is -0.494 e. The van der Waals surface area contributed by atoms with E-state index in [1.54, 1.807) is 31.2 Å². The van der Waals surface area contributed by atoms with Crippen LogP contribution in [0.4, 0.5) is 14.5 Å². The van der Waals surface area contributed by atoms with E-state index in [1.807, 2.05) is 0 Å². The Labute approximate surface area is 111 Å². The fraction of sp³-hybridized carbons (Fsp3) is 0.200. The van der Waals surface area contributed by atoms with Crippen LogP contribution in [0.5, 0.6) is 5.75 Å². The average Bonchev–Trinajstić information content (AvgIpc) is 2.40. The highest BCUT2D eigenvalue weighted by molar-refractivity contribution is 5.47. The van der Waals surface area contributed by atoms with Crippen molar-refractivity contribution in [3.8, 4) is 5.75 Å². The minimum absolute atomic E-state index is 0.211. The van der Waals surface area contributed by atoms with Crippen LogP contribution in [0.25, 0.3) is 0 Å². The van der Waals surface area contributed by atoms with Gasteiger partial charge in [-0.1, -0.05) is 12.1 Å². The topological polar surface area (TPSA) is 21.3 Å². The van der Waals surface area contributed by atoms with Crippen molar-refractivity contribution in [2.45, 2.75) is 13.5 Å². The molecule has 2 rings (SSSR count). The first-order valence-corrected chi connectivity index (χ1v) is 5.92. The number of anilines is 1. The number of ether oxygens (including phenoxy) is 1. The quantitative estimate of drug-likeness (QED) is 0.903. The van der Waals surface area contributed by atoms with Crippen LogP contribution < -0.4 is 10.1 Å². The van der Waals surface area contributed by atoms with Gasteiger partial charge in [-0.25, -0.2) is 8.78 Å². The Bertz CT molecular complexity index is 584. The molecule has 0 atom stereocenters. The molecule has 0 amide bonds. The second-order valence-electron chi connectivity index (χ2n) is 4.29. The van der Waals surface area contributed by atoms with Crippen LogP contribution >= 0.6 is 0 Å². The van der Waals surface area contributed by atoms with Gasteiger partial charge in [0.15, 0.2) is 11.6 Å². The van der Waals surface area contributed by atoms with Crippen molar-refractivity contribution in [3.05, 3.63) is 59.2 Å². The Kier molecular flexibility index (Phi) is 4.00. The molecular formula is C15H15F2NO. The fourth-order valence-electron chi connectivity index (χ4n) is 1.80. The van der Waals surface area contributed by atoms with Crippen molar-refractivity contribution >= 4 is 5.69 Å². The van der Waals surface area contributed by atoms with E-state index in [1.165, 1.54) is 19.2 Å². The molecule has 0 fully saturated rings. The Hall–Kier alpha value is -2.10. The molecule has 2 aromatic carbocycles. The van der Waals surface area contributed by atoms with Crippen LogP contribution in [-0.4, -0.2) is 7.11 Å². The lowest BCUT2D eigenvalue weighted by molar-refractivity contribution is 0.386. The van der Waals surface area contributed by atoms with Gasteiger partial charge in [0.1, 0.15) is 5.82 Å². The van der Waals surface area contributed by atoms with Gasteiger partial charge in [0.25, 0.3) is 0 Å². The summed E-state index contributed by atoms with van der Waals surface area (Å²) in [6.45, 7) is 2.22. The van der Waals surface area contributed by atoms with E-state index in [0.29, 0.717) is 17.8 Å². The molecule has 4 heteroatoms. The van der Waals surface area contributed by atoms with E-state index in [2.05, 4.69) is 5.32 Å². The molecule has 0 saturated carbocycles. The summed E-state index contributed by atoms with van der Waals surface area (Å²) in [6, 6.07) is 9.57. The van der Waals surface area contributed by atoms with Crippen LogP contribution in [0.15, 0.2) is 36.4 Å². The summed E-state index contributed by atoms with van der Waals surface area (Å²) < 4.78 is 31.4. The molecule has 0 aliphatic rings. The van der Waals surface area contributed by atoms with Gasteiger partial charge in [0.2, 0.25) is 0 Å². The van der Waals surface area contributed by atoms with Gasteiger partial charge in [0, 0.05) is 18.3 Å². The van der Waals surface area contributed by atoms with E-state index in [4.69, 9.17) is 4.74 Å². The fourth-order valence-corrected chi connectivity index (χ4v) is 1.80. The number of hydrogen-bond acceptors (Lipinski definition) is 2. The third-order valence-corrected chi connectivity index (χ3v) is 2.87. The summed E-state index contributed by atoms with van der Waals surface area (Å²) in [6.07, 6.45) is 0. The number of rotatable bonds is 4. The number of benzene rings is 2. The summed E-state index contributed by atoms with van der Waals surface area (Å²) in [4.78, 5) is 0. The van der Waals surface area contributed by atoms with E-state index in [-0.39, 0.29) is 11.6 Å². The number of aryl methyl sites for hydroxylation is 1. The molecule has 0 aliphatic carbocycles. The van der Waals surface area contributed by atoms with Gasteiger partial charge in [-0.15, -0.1) is 0 Å². The molecule has 2 nitrogen and oxygen atoms in total. The van der Waals surface area contributed by atoms with E-state index in [0.717, 1.165) is 5.56 Å². The Morgan fingerprint density at radius 3 is 2.47 bits per heavy atom. The first kappa shape index (κ1) is 13.3. The van der Waals surface area contributed by atoms with Gasteiger partial charge >= 0.3 is 0 Å². The second-order valence-corrected chi connectivity index (χ2v) is 4.29. The van der Waals surface area contributed by atoms with Crippen molar-refractivity contribution < 1.29 is 13.5 Å². The lowest BCUT2D eigenvalue weighted by atomic mass is 10.1. The van der Waals surface area contributed by atoms with Crippen LogP contribution in [-0.2, 0) is 6.54 Å². The molecule has 2 aromatic rings. The maximum atomic E-state index is 13.5. The van der Waals surface area contributed by atoms with Crippen LogP contribution in [0.1, 0.15) is 11.1 Å².